The highest BCUT2D eigenvalue weighted by Crippen LogP contribution is 2.41. The predicted octanol–water partition coefficient (Wildman–Crippen LogP) is 5.80. The fourth-order valence-corrected chi connectivity index (χ4v) is 5.31. The Morgan fingerprint density at radius 2 is 1.63 bits per heavy atom. The molecule has 1 heterocycles. The monoisotopic (exact) mass is 520 g/mol. The molecule has 0 spiro atoms. The molecule has 0 bridgehead atoms. The second kappa shape index (κ2) is 12.8. The molecule has 2 rings (SSSR count). The van der Waals surface area contributed by atoms with Gasteiger partial charge in [-0.05, 0) is 56.6 Å². The molecule has 2 aromatic rings. The largest absolute Gasteiger partial charge is 0.598 e. The van der Waals surface area contributed by atoms with Crippen LogP contribution in [0.25, 0.3) is 0 Å². The molecule has 1 aromatic carbocycles. The van der Waals surface area contributed by atoms with E-state index in [1.165, 1.54) is 0 Å². The molecule has 0 aliphatic rings. The Morgan fingerprint density at radius 3 is 2.14 bits per heavy atom. The van der Waals surface area contributed by atoms with Gasteiger partial charge in [0.2, 0.25) is 0 Å². The number of rotatable bonds is 12. The SMILES string of the molecule is CO[C@H](COCc1ccccc1)[C@@H](N[S+]([O-])C(C)(C)C)[C@@H](O[Si](C)(C)C(C)(C)C)c1ccccn1. The first-order valence-corrected chi connectivity index (χ1v) is 16.2. The Labute approximate surface area is 216 Å². The maximum Gasteiger partial charge on any atom is 0.193 e. The average Bonchev–Trinajstić information content (AvgIpc) is 2.79. The van der Waals surface area contributed by atoms with Gasteiger partial charge in [-0.2, -0.15) is 0 Å². The molecule has 196 valence electrons. The number of hydrogen-bond acceptors (Lipinski definition) is 6. The van der Waals surface area contributed by atoms with E-state index in [2.05, 4.69) is 43.6 Å². The summed E-state index contributed by atoms with van der Waals surface area (Å²) in [6.07, 6.45) is 0.887. The van der Waals surface area contributed by atoms with Crippen LogP contribution in [0.2, 0.25) is 18.1 Å². The van der Waals surface area contributed by atoms with Gasteiger partial charge in [0.05, 0.1) is 18.9 Å². The molecule has 0 aliphatic carbocycles. The molecule has 35 heavy (non-hydrogen) atoms. The van der Waals surface area contributed by atoms with E-state index < -0.39 is 42.7 Å². The fourth-order valence-electron chi connectivity index (χ4n) is 3.17. The van der Waals surface area contributed by atoms with Gasteiger partial charge in [0, 0.05) is 24.7 Å². The lowest BCUT2D eigenvalue weighted by Crippen LogP contribution is -2.56. The Kier molecular flexibility index (Phi) is 11.0. The lowest BCUT2D eigenvalue weighted by Gasteiger charge is -2.43. The van der Waals surface area contributed by atoms with Crippen molar-refractivity contribution in [3.63, 3.8) is 0 Å². The van der Waals surface area contributed by atoms with Crippen molar-refractivity contribution in [1.82, 2.24) is 9.71 Å². The molecule has 0 amide bonds. The molecule has 0 fully saturated rings. The lowest BCUT2D eigenvalue weighted by atomic mass is 10.0. The van der Waals surface area contributed by atoms with Crippen LogP contribution in [0.3, 0.4) is 0 Å². The molecule has 1 aromatic heterocycles. The molecule has 0 radical (unpaired) electrons. The van der Waals surface area contributed by atoms with E-state index in [-0.39, 0.29) is 5.04 Å². The number of hydrogen-bond donors (Lipinski definition) is 1. The van der Waals surface area contributed by atoms with Gasteiger partial charge in [0.25, 0.3) is 0 Å². The normalized spacial score (nSPS) is 16.5. The summed E-state index contributed by atoms with van der Waals surface area (Å²) in [5.74, 6) is 0. The maximum absolute atomic E-state index is 13.3. The zero-order chi connectivity index (χ0) is 26.3. The Balaban J connectivity index is 2.41. The van der Waals surface area contributed by atoms with Crippen molar-refractivity contribution in [3.05, 3.63) is 66.0 Å². The molecule has 0 aliphatic heterocycles. The topological polar surface area (TPSA) is 75.7 Å². The minimum atomic E-state index is -2.23. The van der Waals surface area contributed by atoms with Crippen molar-refractivity contribution >= 4 is 19.7 Å². The van der Waals surface area contributed by atoms with E-state index in [1.54, 1.807) is 13.3 Å². The van der Waals surface area contributed by atoms with Crippen LogP contribution < -0.4 is 4.72 Å². The van der Waals surface area contributed by atoms with Gasteiger partial charge in [-0.1, -0.05) is 57.2 Å². The smallest absolute Gasteiger partial charge is 0.193 e. The molecule has 1 unspecified atom stereocenters. The summed E-state index contributed by atoms with van der Waals surface area (Å²) in [7, 11) is -0.569. The summed E-state index contributed by atoms with van der Waals surface area (Å²) in [5.41, 5.74) is 1.87. The third-order valence-electron chi connectivity index (χ3n) is 6.43. The second-order valence-electron chi connectivity index (χ2n) is 11.4. The summed E-state index contributed by atoms with van der Waals surface area (Å²) in [5, 5.41) is -0.0138. The van der Waals surface area contributed by atoms with Crippen molar-refractivity contribution in [3.8, 4) is 0 Å². The second-order valence-corrected chi connectivity index (χ2v) is 18.1. The van der Waals surface area contributed by atoms with E-state index in [9.17, 15) is 4.55 Å². The van der Waals surface area contributed by atoms with Gasteiger partial charge in [-0.25, -0.2) is 0 Å². The van der Waals surface area contributed by atoms with E-state index in [1.807, 2.05) is 69.3 Å². The van der Waals surface area contributed by atoms with Crippen LogP contribution in [0.1, 0.15) is 58.9 Å². The van der Waals surface area contributed by atoms with Crippen LogP contribution in [0.5, 0.6) is 0 Å². The van der Waals surface area contributed by atoms with E-state index >= 15 is 0 Å². The van der Waals surface area contributed by atoms with Gasteiger partial charge < -0.3 is 18.5 Å². The zero-order valence-corrected chi connectivity index (χ0v) is 24.6. The number of aromatic nitrogens is 1. The van der Waals surface area contributed by atoms with E-state index in [0.29, 0.717) is 13.2 Å². The summed E-state index contributed by atoms with van der Waals surface area (Å²) in [6, 6.07) is 15.4. The molecular weight excluding hydrogens is 476 g/mol. The minimum Gasteiger partial charge on any atom is -0.598 e. The summed E-state index contributed by atoms with van der Waals surface area (Å²) >= 11 is -1.35. The summed E-state index contributed by atoms with van der Waals surface area (Å²) in [6.45, 7) is 17.7. The molecule has 8 heteroatoms. The maximum atomic E-state index is 13.3. The Bertz CT molecular complexity index is 872. The Morgan fingerprint density at radius 1 is 1.00 bits per heavy atom. The number of ether oxygens (including phenoxy) is 2. The van der Waals surface area contributed by atoms with Crippen molar-refractivity contribution in [2.75, 3.05) is 13.7 Å². The molecular formula is C27H44N2O4SSi. The van der Waals surface area contributed by atoms with Crippen molar-refractivity contribution in [2.45, 2.75) is 89.3 Å². The number of methoxy groups -OCH3 is 1. The van der Waals surface area contributed by atoms with Crippen LogP contribution >= 0.6 is 0 Å². The first-order valence-electron chi connectivity index (χ1n) is 12.2. The van der Waals surface area contributed by atoms with Crippen molar-refractivity contribution in [2.24, 2.45) is 0 Å². The first kappa shape index (κ1) is 30.0. The highest BCUT2D eigenvalue weighted by atomic mass is 32.2. The minimum absolute atomic E-state index is 0.0138. The third-order valence-corrected chi connectivity index (χ3v) is 12.5. The molecule has 0 saturated carbocycles. The van der Waals surface area contributed by atoms with Gasteiger partial charge in [0.15, 0.2) is 8.32 Å². The highest BCUT2D eigenvalue weighted by Gasteiger charge is 2.45. The van der Waals surface area contributed by atoms with Crippen LogP contribution in [-0.2, 0) is 31.9 Å². The standard InChI is InChI=1S/C27H44N2O4SSi/c1-26(2,3)34(30)29-24(23(31-7)20-32-19-21-15-11-10-12-16-21)25(22-17-13-14-18-28-22)33-35(8,9)27(4,5)6/h10-18,23-25,29H,19-20H2,1-9H3/t23-,24-,25+,34?/m1/s1. The van der Waals surface area contributed by atoms with Gasteiger partial charge in [-0.15, -0.1) is 4.72 Å². The van der Waals surface area contributed by atoms with E-state index in [4.69, 9.17) is 13.9 Å². The molecule has 6 nitrogen and oxygen atoms in total. The van der Waals surface area contributed by atoms with E-state index in [0.717, 1.165) is 11.3 Å². The number of benzene rings is 1. The van der Waals surface area contributed by atoms with Gasteiger partial charge in [-0.3, -0.25) is 4.98 Å². The predicted molar refractivity (Wildman–Crippen MR) is 147 cm³/mol. The van der Waals surface area contributed by atoms with Gasteiger partial charge in [0.1, 0.15) is 23.0 Å². The quantitative estimate of drug-likeness (QED) is 0.282. The van der Waals surface area contributed by atoms with Crippen LogP contribution in [0, 0.1) is 0 Å². The van der Waals surface area contributed by atoms with Crippen LogP contribution in [0.4, 0.5) is 0 Å². The zero-order valence-electron chi connectivity index (χ0n) is 22.8. The van der Waals surface area contributed by atoms with Crippen molar-refractivity contribution < 1.29 is 18.5 Å². The molecule has 4 atom stereocenters. The number of nitrogens with zero attached hydrogens (tertiary/aromatic N) is 1. The molecule has 0 saturated heterocycles. The van der Waals surface area contributed by atoms with Gasteiger partial charge >= 0.3 is 0 Å². The Hall–Kier alpha value is -1.26. The summed E-state index contributed by atoms with van der Waals surface area (Å²) < 4.78 is 35.2. The average molecular weight is 521 g/mol. The van der Waals surface area contributed by atoms with Crippen LogP contribution in [-0.4, -0.2) is 48.5 Å². The number of nitrogens with one attached hydrogen (secondary N) is 1. The fraction of sp³-hybridized carbons (Fsp3) is 0.593. The van der Waals surface area contributed by atoms with Crippen LogP contribution in [0.15, 0.2) is 54.7 Å². The summed E-state index contributed by atoms with van der Waals surface area (Å²) in [4.78, 5) is 4.64. The molecule has 1 N–H and O–H groups in total. The highest BCUT2D eigenvalue weighted by molar-refractivity contribution is 7.90. The third kappa shape index (κ3) is 8.96. The van der Waals surface area contributed by atoms with Crippen molar-refractivity contribution in [1.29, 1.82) is 0 Å². The number of pyridine rings is 1. The lowest BCUT2D eigenvalue weighted by molar-refractivity contribution is -0.0389. The first-order chi connectivity index (χ1) is 16.3.